The van der Waals surface area contributed by atoms with E-state index in [1.54, 1.807) is 0 Å². The Balaban J connectivity index is 1.05. The van der Waals surface area contributed by atoms with Gasteiger partial charge in [-0.1, -0.05) is 41.4 Å². The van der Waals surface area contributed by atoms with Crippen LogP contribution in [0.1, 0.15) is 36.0 Å². The van der Waals surface area contributed by atoms with E-state index < -0.39 is 0 Å². The first-order valence-electron chi connectivity index (χ1n) is 13.0. The number of carbonyl (C=O) groups excluding carboxylic acids is 1. The molecule has 0 aliphatic carbocycles. The van der Waals surface area contributed by atoms with E-state index in [0.717, 1.165) is 63.7 Å². The molecule has 5 nitrogen and oxygen atoms in total. The summed E-state index contributed by atoms with van der Waals surface area (Å²) < 4.78 is 2.17. The molecular weight excluding hydrogens is 456 g/mol. The lowest BCUT2D eigenvalue weighted by Gasteiger charge is -2.31. The van der Waals surface area contributed by atoms with E-state index in [1.807, 2.05) is 6.07 Å². The van der Waals surface area contributed by atoms with E-state index in [2.05, 4.69) is 76.3 Å². The number of piperidine rings is 1. The minimum atomic E-state index is 0.137. The predicted octanol–water partition coefficient (Wildman–Crippen LogP) is 4.99. The average Bonchev–Trinajstić information content (AvgIpc) is 3.43. The second kappa shape index (κ2) is 10.7. The second-order valence-electron chi connectivity index (χ2n) is 10.6. The smallest absolute Gasteiger partial charge is 0.223 e. The lowest BCUT2D eigenvalue weighted by atomic mass is 9.95. The highest BCUT2D eigenvalue weighted by Gasteiger charge is 2.27. The molecule has 1 aromatic heterocycles. The van der Waals surface area contributed by atoms with Crippen molar-refractivity contribution in [3.8, 4) is 0 Å². The van der Waals surface area contributed by atoms with Gasteiger partial charge >= 0.3 is 0 Å². The van der Waals surface area contributed by atoms with Crippen LogP contribution in [0.3, 0.4) is 0 Å². The molecule has 0 saturated carbocycles. The van der Waals surface area contributed by atoms with Gasteiger partial charge in [0, 0.05) is 61.3 Å². The number of nitrogens with zero attached hydrogens (tertiary/aromatic N) is 3. The summed E-state index contributed by atoms with van der Waals surface area (Å²) in [5.41, 5.74) is 5.20. The number of benzene rings is 2. The Morgan fingerprint density at radius 1 is 1.00 bits per heavy atom. The third-order valence-corrected chi connectivity index (χ3v) is 8.08. The second-order valence-corrected chi connectivity index (χ2v) is 11.0. The van der Waals surface area contributed by atoms with Crippen LogP contribution in [0, 0.1) is 18.8 Å². The SMILES string of the molecule is Cc1ccc(CN2CC[C@H](CNC(=O)C3CCN(Cc4cn(C)c5ccc(Cl)cc45)CC3)C2)cc1. The number of hydrogen-bond acceptors (Lipinski definition) is 3. The van der Waals surface area contributed by atoms with Crippen LogP contribution in [0.25, 0.3) is 10.9 Å². The third kappa shape index (κ3) is 5.91. The maximum absolute atomic E-state index is 12.9. The fourth-order valence-electron chi connectivity index (χ4n) is 5.73. The van der Waals surface area contributed by atoms with Gasteiger partial charge in [0.25, 0.3) is 0 Å². The Bertz CT molecular complexity index is 1160. The zero-order valence-electron chi connectivity index (χ0n) is 21.0. The maximum Gasteiger partial charge on any atom is 0.223 e. The Labute approximate surface area is 214 Å². The molecule has 2 aliphatic rings. The minimum absolute atomic E-state index is 0.137. The van der Waals surface area contributed by atoms with E-state index in [-0.39, 0.29) is 11.8 Å². The number of likely N-dealkylation sites (tertiary alicyclic amines) is 2. The molecular formula is C29H37ClN4O. The number of aryl methyl sites for hydroxylation is 2. The van der Waals surface area contributed by atoms with Crippen molar-refractivity contribution in [2.45, 2.75) is 39.3 Å². The van der Waals surface area contributed by atoms with Crippen molar-refractivity contribution in [1.82, 2.24) is 19.7 Å². The fourth-order valence-corrected chi connectivity index (χ4v) is 5.90. The molecule has 2 aromatic carbocycles. The zero-order valence-corrected chi connectivity index (χ0v) is 21.7. The third-order valence-electron chi connectivity index (χ3n) is 7.85. The van der Waals surface area contributed by atoms with Crippen LogP contribution in [-0.4, -0.2) is 53.0 Å². The average molecular weight is 493 g/mol. The zero-order chi connectivity index (χ0) is 24.4. The van der Waals surface area contributed by atoms with Gasteiger partial charge in [0.2, 0.25) is 5.91 Å². The van der Waals surface area contributed by atoms with Crippen LogP contribution in [0.4, 0.5) is 0 Å². The Morgan fingerprint density at radius 2 is 1.74 bits per heavy atom. The summed E-state index contributed by atoms with van der Waals surface area (Å²) in [6, 6.07) is 14.9. The summed E-state index contributed by atoms with van der Waals surface area (Å²) in [7, 11) is 2.09. The fraction of sp³-hybridized carbons (Fsp3) is 0.483. The minimum Gasteiger partial charge on any atom is -0.356 e. The summed E-state index contributed by atoms with van der Waals surface area (Å²) >= 11 is 6.25. The lowest BCUT2D eigenvalue weighted by Crippen LogP contribution is -2.41. The predicted molar refractivity (Wildman–Crippen MR) is 144 cm³/mol. The molecule has 3 heterocycles. The topological polar surface area (TPSA) is 40.5 Å². The van der Waals surface area contributed by atoms with Gasteiger partial charge < -0.3 is 9.88 Å². The van der Waals surface area contributed by atoms with Crippen molar-refractivity contribution in [3.05, 3.63) is 70.4 Å². The van der Waals surface area contributed by atoms with Gasteiger partial charge in [-0.05, 0) is 81.1 Å². The summed E-state index contributed by atoms with van der Waals surface area (Å²) in [4.78, 5) is 17.9. The van der Waals surface area contributed by atoms with Crippen molar-refractivity contribution >= 4 is 28.4 Å². The van der Waals surface area contributed by atoms with Gasteiger partial charge in [-0.25, -0.2) is 0 Å². The van der Waals surface area contributed by atoms with Crippen molar-refractivity contribution in [3.63, 3.8) is 0 Å². The summed E-state index contributed by atoms with van der Waals surface area (Å²) in [6.07, 6.45) is 5.24. The molecule has 2 fully saturated rings. The van der Waals surface area contributed by atoms with Gasteiger partial charge in [-0.3, -0.25) is 14.6 Å². The number of halogens is 1. The number of rotatable bonds is 7. The van der Waals surface area contributed by atoms with Crippen molar-refractivity contribution in [2.75, 3.05) is 32.7 Å². The van der Waals surface area contributed by atoms with Gasteiger partial charge in [0.05, 0.1) is 0 Å². The molecule has 186 valence electrons. The van der Waals surface area contributed by atoms with E-state index in [9.17, 15) is 4.79 Å². The Morgan fingerprint density at radius 3 is 2.51 bits per heavy atom. The van der Waals surface area contributed by atoms with Gasteiger partial charge in [-0.15, -0.1) is 0 Å². The van der Waals surface area contributed by atoms with Gasteiger partial charge in [-0.2, -0.15) is 0 Å². The molecule has 0 spiro atoms. The largest absolute Gasteiger partial charge is 0.356 e. The molecule has 5 rings (SSSR count). The summed E-state index contributed by atoms with van der Waals surface area (Å²) in [6.45, 7) is 8.96. The number of nitrogens with one attached hydrogen (secondary N) is 1. The standard InChI is InChI=1S/C29H37ClN4O/c1-21-3-5-22(6-4-21)17-34-12-9-23(18-34)16-31-29(35)24-10-13-33(14-11-24)20-25-19-32(2)28-8-7-26(30)15-27(25)28/h3-8,15,19,23-24H,9-14,16-18,20H2,1-2H3,(H,31,35)/t23-/m1/s1. The highest BCUT2D eigenvalue weighted by atomic mass is 35.5. The Kier molecular flexibility index (Phi) is 7.47. The lowest BCUT2D eigenvalue weighted by molar-refractivity contribution is -0.126. The van der Waals surface area contributed by atoms with Crippen LogP contribution in [0.2, 0.25) is 5.02 Å². The number of hydrogen-bond donors (Lipinski definition) is 1. The first kappa shape index (κ1) is 24.4. The first-order chi connectivity index (χ1) is 16.9. The first-order valence-corrected chi connectivity index (χ1v) is 13.3. The highest BCUT2D eigenvalue weighted by Crippen LogP contribution is 2.27. The Hall–Kier alpha value is -2.34. The highest BCUT2D eigenvalue weighted by molar-refractivity contribution is 6.31. The maximum atomic E-state index is 12.9. The molecule has 0 bridgehead atoms. The molecule has 35 heavy (non-hydrogen) atoms. The van der Waals surface area contributed by atoms with Gasteiger partial charge in [0.15, 0.2) is 0 Å². The number of amides is 1. The molecule has 3 aromatic rings. The molecule has 1 amide bonds. The monoisotopic (exact) mass is 492 g/mol. The summed E-state index contributed by atoms with van der Waals surface area (Å²) in [5, 5.41) is 5.29. The van der Waals surface area contributed by atoms with Crippen LogP contribution < -0.4 is 5.32 Å². The molecule has 1 N–H and O–H groups in total. The van der Waals surface area contributed by atoms with E-state index in [0.29, 0.717) is 5.92 Å². The van der Waals surface area contributed by atoms with Crippen LogP contribution >= 0.6 is 11.6 Å². The van der Waals surface area contributed by atoms with Crippen molar-refractivity contribution in [1.29, 1.82) is 0 Å². The molecule has 0 unspecified atom stereocenters. The summed E-state index contributed by atoms with van der Waals surface area (Å²) in [5.74, 6) is 0.944. The van der Waals surface area contributed by atoms with E-state index >= 15 is 0 Å². The normalized spacial score (nSPS) is 20.0. The van der Waals surface area contributed by atoms with Crippen LogP contribution in [-0.2, 0) is 24.9 Å². The van der Waals surface area contributed by atoms with Gasteiger partial charge in [0.1, 0.15) is 0 Å². The van der Waals surface area contributed by atoms with Crippen LogP contribution in [0.5, 0.6) is 0 Å². The van der Waals surface area contributed by atoms with Crippen molar-refractivity contribution in [2.24, 2.45) is 18.9 Å². The van der Waals surface area contributed by atoms with E-state index in [4.69, 9.17) is 11.6 Å². The number of fused-ring (bicyclic) bond motifs is 1. The van der Waals surface area contributed by atoms with E-state index in [1.165, 1.54) is 34.0 Å². The molecule has 1 atom stereocenters. The quantitative estimate of drug-likeness (QED) is 0.505. The van der Waals surface area contributed by atoms with Crippen molar-refractivity contribution < 1.29 is 4.79 Å². The molecule has 2 aliphatic heterocycles. The number of aromatic nitrogens is 1. The molecule has 0 radical (unpaired) electrons. The van der Waals surface area contributed by atoms with Crippen LogP contribution in [0.15, 0.2) is 48.7 Å². The number of carbonyl (C=O) groups is 1. The molecule has 6 heteroatoms. The molecule has 2 saturated heterocycles.